The number of rotatable bonds is 3. The first kappa shape index (κ1) is 17.4. The van der Waals surface area contributed by atoms with E-state index in [2.05, 4.69) is 0 Å². The van der Waals surface area contributed by atoms with Crippen LogP contribution in [0.2, 0.25) is 0 Å². The molecule has 0 N–H and O–H groups in total. The minimum absolute atomic E-state index is 0.0218. The Morgan fingerprint density at radius 3 is 2.25 bits per heavy atom. The standard InChI is InChI=1S/C18H26N2O3S/c1-15-7-3-4-8-17(15)24(22,23)20-13-9-16(10-14-20)18(21)19-11-5-2-6-12-19/h3-4,7-8,16H,2,5-6,9-14H2,1H3. The third-order valence-corrected chi connectivity index (χ3v) is 7.24. The molecule has 5 nitrogen and oxygen atoms in total. The van der Waals surface area contributed by atoms with Gasteiger partial charge in [-0.1, -0.05) is 18.2 Å². The molecule has 0 aromatic heterocycles. The molecule has 2 saturated heterocycles. The molecule has 2 aliphatic heterocycles. The van der Waals surface area contributed by atoms with Crippen molar-refractivity contribution in [2.75, 3.05) is 26.2 Å². The number of piperidine rings is 2. The second-order valence-electron chi connectivity index (χ2n) is 6.83. The van der Waals surface area contributed by atoms with Gasteiger partial charge >= 0.3 is 0 Å². The highest BCUT2D eigenvalue weighted by Gasteiger charge is 2.34. The zero-order valence-corrected chi connectivity index (χ0v) is 15.1. The van der Waals surface area contributed by atoms with Crippen LogP contribution in [0.15, 0.2) is 29.2 Å². The molecular weight excluding hydrogens is 324 g/mol. The van der Waals surface area contributed by atoms with Crippen LogP contribution in [0.5, 0.6) is 0 Å². The zero-order valence-electron chi connectivity index (χ0n) is 14.3. The number of sulfonamides is 1. The van der Waals surface area contributed by atoms with Gasteiger partial charge in [0.05, 0.1) is 4.90 Å². The van der Waals surface area contributed by atoms with Crippen LogP contribution in [-0.4, -0.2) is 49.7 Å². The molecule has 0 aliphatic carbocycles. The average Bonchev–Trinajstić information content (AvgIpc) is 2.62. The SMILES string of the molecule is Cc1ccccc1S(=O)(=O)N1CCC(C(=O)N2CCCCC2)CC1. The molecule has 6 heteroatoms. The summed E-state index contributed by atoms with van der Waals surface area (Å²) in [6.45, 7) is 4.41. The third kappa shape index (κ3) is 3.49. The number of hydrogen-bond acceptors (Lipinski definition) is 3. The number of benzene rings is 1. The van der Waals surface area contributed by atoms with Crippen molar-refractivity contribution < 1.29 is 13.2 Å². The van der Waals surface area contributed by atoms with E-state index in [1.807, 2.05) is 24.0 Å². The minimum atomic E-state index is -3.46. The maximum Gasteiger partial charge on any atom is 0.243 e. The smallest absolute Gasteiger partial charge is 0.243 e. The van der Waals surface area contributed by atoms with Crippen LogP contribution in [0.3, 0.4) is 0 Å². The van der Waals surface area contributed by atoms with Crippen molar-refractivity contribution in [1.29, 1.82) is 0 Å². The first-order chi connectivity index (χ1) is 11.5. The van der Waals surface area contributed by atoms with Gasteiger partial charge < -0.3 is 4.90 Å². The van der Waals surface area contributed by atoms with Crippen LogP contribution in [0.4, 0.5) is 0 Å². The summed E-state index contributed by atoms with van der Waals surface area (Å²) in [7, 11) is -3.46. The lowest BCUT2D eigenvalue weighted by molar-refractivity contribution is -0.137. The molecule has 0 spiro atoms. The molecule has 0 radical (unpaired) electrons. The maximum absolute atomic E-state index is 12.8. The number of carbonyl (C=O) groups is 1. The fourth-order valence-electron chi connectivity index (χ4n) is 3.70. The van der Waals surface area contributed by atoms with Gasteiger partial charge in [-0.25, -0.2) is 8.42 Å². The van der Waals surface area contributed by atoms with E-state index in [1.165, 1.54) is 10.7 Å². The molecule has 132 valence electrons. The van der Waals surface area contributed by atoms with Gasteiger partial charge in [0.25, 0.3) is 0 Å². The molecule has 2 aliphatic rings. The number of hydrogen-bond donors (Lipinski definition) is 0. The predicted molar refractivity (Wildman–Crippen MR) is 93.1 cm³/mol. The van der Waals surface area contributed by atoms with Gasteiger partial charge in [0.1, 0.15) is 0 Å². The first-order valence-corrected chi connectivity index (χ1v) is 10.3. The van der Waals surface area contributed by atoms with E-state index >= 15 is 0 Å². The van der Waals surface area contributed by atoms with E-state index in [4.69, 9.17) is 0 Å². The highest BCUT2D eigenvalue weighted by molar-refractivity contribution is 7.89. The van der Waals surface area contributed by atoms with Crippen molar-refractivity contribution in [1.82, 2.24) is 9.21 Å². The van der Waals surface area contributed by atoms with Crippen molar-refractivity contribution in [2.24, 2.45) is 5.92 Å². The van der Waals surface area contributed by atoms with Gasteiger partial charge in [-0.05, 0) is 50.7 Å². The summed E-state index contributed by atoms with van der Waals surface area (Å²) in [5.74, 6) is 0.203. The Hall–Kier alpha value is -1.40. The Morgan fingerprint density at radius 1 is 1.00 bits per heavy atom. The number of likely N-dealkylation sites (tertiary alicyclic amines) is 1. The Labute approximate surface area is 144 Å². The molecule has 2 fully saturated rings. The molecule has 1 aromatic rings. The van der Waals surface area contributed by atoms with E-state index in [9.17, 15) is 13.2 Å². The first-order valence-electron chi connectivity index (χ1n) is 8.85. The zero-order chi connectivity index (χ0) is 17.2. The maximum atomic E-state index is 12.8. The van der Waals surface area contributed by atoms with Gasteiger partial charge in [-0.15, -0.1) is 0 Å². The van der Waals surface area contributed by atoms with Crippen molar-refractivity contribution in [3.8, 4) is 0 Å². The molecule has 0 saturated carbocycles. The lowest BCUT2D eigenvalue weighted by Crippen LogP contribution is -2.45. The average molecular weight is 350 g/mol. The van der Waals surface area contributed by atoms with Crippen molar-refractivity contribution >= 4 is 15.9 Å². The second-order valence-corrected chi connectivity index (χ2v) is 8.74. The summed E-state index contributed by atoms with van der Waals surface area (Å²) in [6, 6.07) is 7.08. The van der Waals surface area contributed by atoms with Gasteiger partial charge in [0.15, 0.2) is 0 Å². The number of aryl methyl sites for hydroxylation is 1. The Morgan fingerprint density at radius 2 is 1.62 bits per heavy atom. The summed E-state index contributed by atoms with van der Waals surface area (Å²) in [5, 5.41) is 0. The van der Waals surface area contributed by atoms with Crippen LogP contribution in [0, 0.1) is 12.8 Å². The van der Waals surface area contributed by atoms with Crippen molar-refractivity contribution in [3.63, 3.8) is 0 Å². The molecule has 2 heterocycles. The van der Waals surface area contributed by atoms with Gasteiger partial charge in [-0.2, -0.15) is 4.31 Å². The summed E-state index contributed by atoms with van der Waals surface area (Å²) < 4.78 is 27.2. The fraction of sp³-hybridized carbons (Fsp3) is 0.611. The third-order valence-electron chi connectivity index (χ3n) is 5.18. The van der Waals surface area contributed by atoms with E-state index in [-0.39, 0.29) is 11.8 Å². The van der Waals surface area contributed by atoms with Crippen LogP contribution >= 0.6 is 0 Å². The Balaban J connectivity index is 1.64. The lowest BCUT2D eigenvalue weighted by Gasteiger charge is -2.35. The normalized spacial score (nSPS) is 21.0. The minimum Gasteiger partial charge on any atom is -0.342 e. The van der Waals surface area contributed by atoms with Crippen molar-refractivity contribution in [2.45, 2.75) is 43.9 Å². The van der Waals surface area contributed by atoms with Crippen LogP contribution in [0.1, 0.15) is 37.7 Å². The summed E-state index contributed by atoms with van der Waals surface area (Å²) in [5.41, 5.74) is 0.768. The topological polar surface area (TPSA) is 57.7 Å². The molecule has 3 rings (SSSR count). The number of amides is 1. The Kier molecular flexibility index (Phi) is 5.25. The van der Waals surface area contributed by atoms with E-state index in [0.717, 1.165) is 31.5 Å². The molecule has 1 aromatic carbocycles. The van der Waals surface area contributed by atoms with E-state index in [1.54, 1.807) is 12.1 Å². The fourth-order valence-corrected chi connectivity index (χ4v) is 5.40. The highest BCUT2D eigenvalue weighted by atomic mass is 32.2. The van der Waals surface area contributed by atoms with Crippen LogP contribution < -0.4 is 0 Å². The summed E-state index contributed by atoms with van der Waals surface area (Å²) in [6.07, 6.45) is 4.64. The van der Waals surface area contributed by atoms with E-state index < -0.39 is 10.0 Å². The molecule has 1 amide bonds. The molecule has 24 heavy (non-hydrogen) atoms. The predicted octanol–water partition coefficient (Wildman–Crippen LogP) is 2.41. The largest absolute Gasteiger partial charge is 0.342 e. The lowest BCUT2D eigenvalue weighted by atomic mass is 9.95. The number of carbonyl (C=O) groups excluding carboxylic acids is 1. The molecule has 0 unspecified atom stereocenters. The number of nitrogens with zero attached hydrogens (tertiary/aromatic N) is 2. The summed E-state index contributed by atoms with van der Waals surface area (Å²) >= 11 is 0. The monoisotopic (exact) mass is 350 g/mol. The highest BCUT2D eigenvalue weighted by Crippen LogP contribution is 2.27. The molecule has 0 atom stereocenters. The van der Waals surface area contributed by atoms with Crippen molar-refractivity contribution in [3.05, 3.63) is 29.8 Å². The second kappa shape index (κ2) is 7.23. The quantitative estimate of drug-likeness (QED) is 0.841. The van der Waals surface area contributed by atoms with Crippen LogP contribution in [0.25, 0.3) is 0 Å². The Bertz CT molecular complexity index is 688. The van der Waals surface area contributed by atoms with E-state index in [0.29, 0.717) is 30.8 Å². The molecular formula is C18H26N2O3S. The molecule has 0 bridgehead atoms. The van der Waals surface area contributed by atoms with Gasteiger partial charge in [0.2, 0.25) is 15.9 Å². The van der Waals surface area contributed by atoms with Gasteiger partial charge in [0, 0.05) is 32.1 Å². The van der Waals surface area contributed by atoms with Gasteiger partial charge in [-0.3, -0.25) is 4.79 Å². The van der Waals surface area contributed by atoms with Crippen LogP contribution in [-0.2, 0) is 14.8 Å². The summed E-state index contributed by atoms with van der Waals surface area (Å²) in [4.78, 5) is 14.9.